The van der Waals surface area contributed by atoms with E-state index in [4.69, 9.17) is 5.73 Å². The number of rotatable bonds is 7. The van der Waals surface area contributed by atoms with Gasteiger partial charge in [-0.3, -0.25) is 19.3 Å². The third-order valence-electron chi connectivity index (χ3n) is 4.84. The SMILES string of the molecule is Cc1cnc(C(=O)SCC2=C(C(=O)[O-])N3C(=O)C(NC(=O)C(N)c4cccs4)[C@H]3SC2)s1.[Na+]. The van der Waals surface area contributed by atoms with E-state index < -0.39 is 35.2 Å². The zero-order valence-corrected chi connectivity index (χ0v) is 22.9. The first-order valence-corrected chi connectivity index (χ1v) is 13.1. The van der Waals surface area contributed by atoms with Crippen molar-refractivity contribution in [3.63, 3.8) is 0 Å². The van der Waals surface area contributed by atoms with Crippen molar-refractivity contribution in [1.82, 2.24) is 15.2 Å². The smallest absolute Gasteiger partial charge is 0.543 e. The van der Waals surface area contributed by atoms with Gasteiger partial charge in [0.05, 0.1) is 11.7 Å². The quantitative estimate of drug-likeness (QED) is 0.292. The predicted molar refractivity (Wildman–Crippen MR) is 122 cm³/mol. The van der Waals surface area contributed by atoms with E-state index in [-0.39, 0.29) is 51.9 Å². The van der Waals surface area contributed by atoms with Crippen LogP contribution in [0, 0.1) is 6.92 Å². The number of aliphatic carboxylic acids is 1. The molecule has 2 aliphatic heterocycles. The van der Waals surface area contributed by atoms with E-state index in [1.54, 1.807) is 23.7 Å². The summed E-state index contributed by atoms with van der Waals surface area (Å²) in [5.41, 5.74) is 6.14. The Bertz CT molecular complexity index is 1120. The van der Waals surface area contributed by atoms with Gasteiger partial charge in [-0.1, -0.05) is 17.8 Å². The topological polar surface area (TPSA) is 146 Å². The first kappa shape index (κ1) is 26.4. The minimum atomic E-state index is -1.49. The third kappa shape index (κ3) is 5.40. The molecule has 0 saturated carbocycles. The van der Waals surface area contributed by atoms with Crippen LogP contribution in [0.4, 0.5) is 0 Å². The fourth-order valence-electron chi connectivity index (χ4n) is 3.29. The number of thiophene rings is 1. The molecule has 9 nitrogen and oxygen atoms in total. The van der Waals surface area contributed by atoms with Gasteiger partial charge in [0.1, 0.15) is 17.5 Å². The molecule has 2 unspecified atom stereocenters. The molecule has 2 aliphatic rings. The van der Waals surface area contributed by atoms with E-state index in [1.807, 2.05) is 6.92 Å². The zero-order valence-electron chi connectivity index (χ0n) is 17.6. The van der Waals surface area contributed by atoms with Gasteiger partial charge in [-0.15, -0.1) is 34.4 Å². The molecule has 4 rings (SSSR count). The van der Waals surface area contributed by atoms with Crippen LogP contribution in [0.5, 0.6) is 0 Å². The van der Waals surface area contributed by atoms with Crippen LogP contribution >= 0.6 is 46.2 Å². The second kappa shape index (κ2) is 11.0. The van der Waals surface area contributed by atoms with Crippen molar-refractivity contribution < 1.29 is 53.8 Å². The number of β-lactam (4-membered cyclic amide) rings is 1. The molecule has 168 valence electrons. The maximum atomic E-state index is 12.7. The van der Waals surface area contributed by atoms with Gasteiger partial charge in [-0.25, -0.2) is 4.98 Å². The zero-order chi connectivity index (χ0) is 23.0. The molecule has 0 spiro atoms. The third-order valence-corrected chi connectivity index (χ3v) is 9.13. The Kier molecular flexibility index (Phi) is 8.83. The van der Waals surface area contributed by atoms with Crippen molar-refractivity contribution in [3.05, 3.63) is 49.7 Å². The molecule has 0 aliphatic carbocycles. The molecule has 3 atom stereocenters. The van der Waals surface area contributed by atoms with E-state index >= 15 is 0 Å². The van der Waals surface area contributed by atoms with E-state index in [1.165, 1.54) is 34.4 Å². The molecule has 1 saturated heterocycles. The number of nitrogens with two attached hydrogens (primary N) is 1. The molecule has 2 aromatic heterocycles. The number of nitrogens with zero attached hydrogens (tertiary/aromatic N) is 2. The van der Waals surface area contributed by atoms with Crippen molar-refractivity contribution in [2.45, 2.75) is 24.4 Å². The van der Waals surface area contributed by atoms with Crippen LogP contribution in [0.3, 0.4) is 0 Å². The van der Waals surface area contributed by atoms with E-state index in [9.17, 15) is 24.3 Å². The number of hydrogen-bond acceptors (Lipinski definition) is 11. The number of thiazole rings is 1. The van der Waals surface area contributed by atoms with Gasteiger partial charge < -0.3 is 21.0 Å². The summed E-state index contributed by atoms with van der Waals surface area (Å²) in [7, 11) is 0. The summed E-state index contributed by atoms with van der Waals surface area (Å²) < 4.78 is 0. The van der Waals surface area contributed by atoms with Crippen molar-refractivity contribution in [3.8, 4) is 0 Å². The number of fused-ring (bicyclic) bond motifs is 1. The van der Waals surface area contributed by atoms with E-state index in [2.05, 4.69) is 10.3 Å². The molecular weight excluding hydrogens is 515 g/mol. The number of carboxylic acid groups (broad SMARTS) is 1. The van der Waals surface area contributed by atoms with Gasteiger partial charge in [-0.2, -0.15) is 0 Å². The van der Waals surface area contributed by atoms with Crippen LogP contribution in [-0.2, 0) is 14.4 Å². The Morgan fingerprint density at radius 1 is 1.42 bits per heavy atom. The molecule has 4 heterocycles. The summed E-state index contributed by atoms with van der Waals surface area (Å²) in [6.45, 7) is 1.84. The normalized spacial score (nSPS) is 20.4. The maximum Gasteiger partial charge on any atom is 1.00 e. The van der Waals surface area contributed by atoms with Gasteiger partial charge in [0.25, 0.3) is 5.91 Å². The Hall–Kier alpha value is -1.19. The second-order valence-electron chi connectivity index (χ2n) is 6.98. The number of aryl methyl sites for hydroxylation is 1. The summed E-state index contributed by atoms with van der Waals surface area (Å²) in [5.74, 6) is -2.15. The fraction of sp³-hybridized carbons (Fsp3) is 0.316. The molecule has 1 fully saturated rings. The monoisotopic (exact) mass is 532 g/mol. The maximum absolute atomic E-state index is 12.7. The molecule has 0 radical (unpaired) electrons. The van der Waals surface area contributed by atoms with E-state index in [0.717, 1.165) is 21.5 Å². The van der Waals surface area contributed by atoms with E-state index in [0.29, 0.717) is 15.5 Å². The fourth-order valence-corrected chi connectivity index (χ4v) is 7.11. The molecule has 3 N–H and O–H groups in total. The largest absolute Gasteiger partial charge is 1.00 e. The van der Waals surface area contributed by atoms with Crippen LogP contribution in [0.15, 0.2) is 35.0 Å². The average Bonchev–Trinajstić information content (AvgIpc) is 3.46. The summed E-state index contributed by atoms with van der Waals surface area (Å²) in [4.78, 5) is 56.0. The molecule has 0 bridgehead atoms. The predicted octanol–water partition coefficient (Wildman–Crippen LogP) is -2.51. The van der Waals surface area contributed by atoms with Gasteiger partial charge >= 0.3 is 29.6 Å². The van der Waals surface area contributed by atoms with Crippen molar-refractivity contribution >= 4 is 69.1 Å². The summed E-state index contributed by atoms with van der Waals surface area (Å²) in [5, 5.41) is 15.8. The van der Waals surface area contributed by atoms with Crippen LogP contribution in [-0.4, -0.2) is 55.7 Å². The standard InChI is InChI=1S/C19H18N4O5S4.Na/c1-8-5-21-15(32-8)19(28)31-7-9-6-30-17-12(16(25)23(17)13(9)18(26)27)22-14(24)11(20)10-3-2-4-29-10;/h2-5,11-12,17H,6-7,20H2,1H3,(H,22,24)(H,26,27);/q;+1/p-1/t11?,12?,17-;/m1./s1. The van der Waals surface area contributed by atoms with Gasteiger partial charge in [0.15, 0.2) is 5.01 Å². The number of thioether (sulfide) groups is 2. The Morgan fingerprint density at radius 2 is 2.18 bits per heavy atom. The minimum Gasteiger partial charge on any atom is -0.543 e. The minimum absolute atomic E-state index is 0. The molecule has 2 aromatic rings. The second-order valence-corrected chi connectivity index (χ2v) is 11.2. The van der Waals surface area contributed by atoms with Crippen molar-refractivity contribution in [1.29, 1.82) is 0 Å². The number of hydrogen-bond donors (Lipinski definition) is 2. The van der Waals surface area contributed by atoms with Crippen LogP contribution in [0.1, 0.15) is 25.6 Å². The van der Waals surface area contributed by atoms with Crippen molar-refractivity contribution in [2.24, 2.45) is 5.73 Å². The van der Waals surface area contributed by atoms with Crippen LogP contribution in [0.25, 0.3) is 0 Å². The Morgan fingerprint density at radius 3 is 2.79 bits per heavy atom. The first-order chi connectivity index (χ1) is 15.3. The number of carbonyl (C=O) groups is 4. The van der Waals surface area contributed by atoms with Crippen LogP contribution in [0.2, 0.25) is 0 Å². The number of nitrogens with one attached hydrogen (secondary N) is 1. The summed E-state index contributed by atoms with van der Waals surface area (Å²) in [6.07, 6.45) is 1.60. The first-order valence-electron chi connectivity index (χ1n) is 9.35. The van der Waals surface area contributed by atoms with Gasteiger partial charge in [-0.05, 0) is 23.9 Å². The molecule has 14 heteroatoms. The van der Waals surface area contributed by atoms with Gasteiger partial charge in [0, 0.05) is 27.5 Å². The number of carboxylic acids is 1. The number of aromatic nitrogens is 1. The van der Waals surface area contributed by atoms with Crippen molar-refractivity contribution in [2.75, 3.05) is 11.5 Å². The summed E-state index contributed by atoms with van der Waals surface area (Å²) >= 11 is 4.86. The number of carbonyl (C=O) groups excluding carboxylic acids is 4. The Labute approximate surface area is 227 Å². The molecular formula is C19H17N4NaO5S4. The summed E-state index contributed by atoms with van der Waals surface area (Å²) in [6, 6.07) is 1.72. The molecule has 0 aromatic carbocycles. The number of amides is 2. The average molecular weight is 533 g/mol. The molecule has 2 amide bonds. The van der Waals surface area contributed by atoms with Crippen LogP contribution < -0.4 is 45.7 Å². The van der Waals surface area contributed by atoms with Gasteiger partial charge in [0.2, 0.25) is 11.0 Å². The Balaban J connectivity index is 0.00000306. The molecule has 33 heavy (non-hydrogen) atoms.